The molecule has 0 N–H and O–H groups in total. The van der Waals surface area contributed by atoms with Gasteiger partial charge < -0.3 is 0 Å². The maximum atomic E-state index is 10.9. The molecule has 10 heavy (non-hydrogen) atoms. The van der Waals surface area contributed by atoms with Gasteiger partial charge in [0.15, 0.2) is 0 Å². The van der Waals surface area contributed by atoms with Crippen LogP contribution in [-0.4, -0.2) is 11.6 Å². The third kappa shape index (κ3) is 0.436. The maximum absolute atomic E-state index is 10.9. The Morgan fingerprint density at radius 2 is 1.90 bits per heavy atom. The lowest BCUT2D eigenvalue weighted by atomic mass is 10.1. The molecule has 0 aromatic heterocycles. The third-order valence-corrected chi connectivity index (χ3v) is 1.69. The van der Waals surface area contributed by atoms with Gasteiger partial charge in [0.1, 0.15) is 0 Å². The van der Waals surface area contributed by atoms with Crippen molar-refractivity contribution in [2.24, 2.45) is 0 Å². The molecule has 2 rings (SSSR count). The molecule has 2 aliphatic carbocycles. The summed E-state index contributed by atoms with van der Waals surface area (Å²) in [7, 11) is 0. The van der Waals surface area contributed by atoms with Crippen LogP contribution in [0.25, 0.3) is 0 Å². The highest BCUT2D eigenvalue weighted by Gasteiger charge is 2.37. The van der Waals surface area contributed by atoms with Crippen LogP contribution in [0.5, 0.6) is 0 Å². The SMILES string of the molecule is C=C1C2=C1C(=O)C(=O)C=C2. The Balaban J connectivity index is 2.51. The summed E-state index contributed by atoms with van der Waals surface area (Å²) in [4.78, 5) is 21.5. The van der Waals surface area contributed by atoms with E-state index in [-0.39, 0.29) is 0 Å². The van der Waals surface area contributed by atoms with Crippen LogP contribution in [0.1, 0.15) is 0 Å². The quantitative estimate of drug-likeness (QED) is 0.356. The molecule has 2 nitrogen and oxygen atoms in total. The third-order valence-electron chi connectivity index (χ3n) is 1.69. The van der Waals surface area contributed by atoms with Crippen LogP contribution in [0.2, 0.25) is 0 Å². The Morgan fingerprint density at radius 1 is 1.20 bits per heavy atom. The Kier molecular flexibility index (Phi) is 0.719. The number of ketones is 2. The second-order valence-corrected chi connectivity index (χ2v) is 2.29. The average Bonchev–Trinajstić information content (AvgIpc) is 2.54. The molecule has 0 aliphatic heterocycles. The normalized spacial score (nSPS) is 21.8. The molecule has 0 aromatic rings. The van der Waals surface area contributed by atoms with Gasteiger partial charge >= 0.3 is 0 Å². The van der Waals surface area contributed by atoms with E-state index in [4.69, 9.17) is 0 Å². The molecule has 0 heterocycles. The maximum Gasteiger partial charge on any atom is 0.234 e. The molecular weight excluding hydrogens is 128 g/mol. The summed E-state index contributed by atoms with van der Waals surface area (Å²) < 4.78 is 0. The standard InChI is InChI=1S/C8H4O2/c1-4-5-2-3-6(9)8(10)7(4)5/h2-3H,1H2. The first-order valence-electron chi connectivity index (χ1n) is 2.92. The zero-order valence-electron chi connectivity index (χ0n) is 5.18. The fraction of sp³-hybridized carbons (Fsp3) is 0. The monoisotopic (exact) mass is 132 g/mol. The van der Waals surface area contributed by atoms with E-state index < -0.39 is 11.6 Å². The minimum atomic E-state index is -0.433. The molecule has 0 saturated heterocycles. The molecule has 0 amide bonds. The van der Waals surface area contributed by atoms with Crippen molar-refractivity contribution in [2.45, 2.75) is 0 Å². The Bertz CT molecular complexity index is 329. The number of hydrogen-bond acceptors (Lipinski definition) is 2. The van der Waals surface area contributed by atoms with Crippen molar-refractivity contribution >= 4 is 11.6 Å². The van der Waals surface area contributed by atoms with Gasteiger partial charge in [0.05, 0.1) is 0 Å². The summed E-state index contributed by atoms with van der Waals surface area (Å²) in [6.07, 6.45) is 2.93. The molecule has 0 aromatic carbocycles. The molecular formula is C8H4O2. The van der Waals surface area contributed by atoms with Gasteiger partial charge in [0.2, 0.25) is 11.6 Å². The first-order chi connectivity index (χ1) is 4.72. The molecule has 2 aliphatic rings. The van der Waals surface area contributed by atoms with E-state index in [1.54, 1.807) is 6.08 Å². The Morgan fingerprint density at radius 3 is 2.50 bits per heavy atom. The molecule has 0 saturated carbocycles. The van der Waals surface area contributed by atoms with Crippen molar-refractivity contribution < 1.29 is 9.59 Å². The van der Waals surface area contributed by atoms with Crippen molar-refractivity contribution in [3.8, 4) is 0 Å². The van der Waals surface area contributed by atoms with Gasteiger partial charge in [0.25, 0.3) is 0 Å². The average molecular weight is 132 g/mol. The smallest absolute Gasteiger partial charge is 0.234 e. The highest BCUT2D eigenvalue weighted by molar-refractivity contribution is 6.52. The summed E-state index contributed by atoms with van der Waals surface area (Å²) in [5.74, 6) is -0.833. The van der Waals surface area contributed by atoms with E-state index in [1.165, 1.54) is 6.08 Å². The lowest BCUT2D eigenvalue weighted by Gasteiger charge is -1.87. The van der Waals surface area contributed by atoms with E-state index in [9.17, 15) is 9.59 Å². The van der Waals surface area contributed by atoms with Crippen LogP contribution in [0.15, 0.2) is 35.5 Å². The molecule has 0 bridgehead atoms. The minimum Gasteiger partial charge on any atom is -0.286 e. The van der Waals surface area contributed by atoms with Crippen LogP contribution in [0, 0.1) is 0 Å². The molecule has 0 radical (unpaired) electrons. The predicted octanol–water partition coefficient (Wildman–Crippen LogP) is 0.561. The first-order valence-corrected chi connectivity index (χ1v) is 2.92. The van der Waals surface area contributed by atoms with Crippen molar-refractivity contribution in [3.63, 3.8) is 0 Å². The van der Waals surface area contributed by atoms with Crippen LogP contribution >= 0.6 is 0 Å². The van der Waals surface area contributed by atoms with Gasteiger partial charge in [0, 0.05) is 5.57 Å². The summed E-state index contributed by atoms with van der Waals surface area (Å²) in [6.45, 7) is 3.60. The minimum absolute atomic E-state index is 0.400. The van der Waals surface area contributed by atoms with E-state index >= 15 is 0 Å². The van der Waals surface area contributed by atoms with Crippen LogP contribution in [0.4, 0.5) is 0 Å². The fourth-order valence-corrected chi connectivity index (χ4v) is 1.04. The number of Topliss-reactive ketones (excluding diaryl/α,β-unsaturated/α-hetero) is 1. The van der Waals surface area contributed by atoms with Gasteiger partial charge in [-0.15, -0.1) is 0 Å². The topological polar surface area (TPSA) is 34.1 Å². The van der Waals surface area contributed by atoms with E-state index in [1.807, 2.05) is 0 Å². The first kappa shape index (κ1) is 5.35. The van der Waals surface area contributed by atoms with E-state index in [0.717, 1.165) is 11.1 Å². The summed E-state index contributed by atoms with van der Waals surface area (Å²) in [5.41, 5.74) is 2.12. The van der Waals surface area contributed by atoms with Crippen LogP contribution in [0.3, 0.4) is 0 Å². The van der Waals surface area contributed by atoms with E-state index in [2.05, 4.69) is 6.58 Å². The molecule has 0 atom stereocenters. The largest absolute Gasteiger partial charge is 0.286 e. The molecule has 0 spiro atoms. The Hall–Kier alpha value is -1.44. The van der Waals surface area contributed by atoms with Gasteiger partial charge in [-0.2, -0.15) is 0 Å². The van der Waals surface area contributed by atoms with Crippen molar-refractivity contribution in [3.05, 3.63) is 35.5 Å². The predicted molar refractivity (Wildman–Crippen MR) is 35.3 cm³/mol. The van der Waals surface area contributed by atoms with Gasteiger partial charge in [-0.3, -0.25) is 9.59 Å². The number of rotatable bonds is 0. The van der Waals surface area contributed by atoms with Crippen LogP contribution < -0.4 is 0 Å². The number of carbonyl (C=O) groups is 2. The second-order valence-electron chi connectivity index (χ2n) is 2.29. The number of hydrogen-bond donors (Lipinski definition) is 0. The van der Waals surface area contributed by atoms with Gasteiger partial charge in [-0.25, -0.2) is 0 Å². The fourth-order valence-electron chi connectivity index (χ4n) is 1.04. The van der Waals surface area contributed by atoms with Crippen molar-refractivity contribution in [1.82, 2.24) is 0 Å². The zero-order chi connectivity index (χ0) is 7.30. The molecule has 2 heteroatoms. The lowest BCUT2D eigenvalue weighted by molar-refractivity contribution is -0.131. The highest BCUT2D eigenvalue weighted by atomic mass is 16.2. The second kappa shape index (κ2) is 1.34. The van der Waals surface area contributed by atoms with E-state index in [0.29, 0.717) is 5.57 Å². The van der Waals surface area contributed by atoms with Crippen molar-refractivity contribution in [1.29, 1.82) is 0 Å². The molecule has 0 fully saturated rings. The lowest BCUT2D eigenvalue weighted by Crippen LogP contribution is -2.10. The zero-order valence-corrected chi connectivity index (χ0v) is 5.18. The molecule has 0 unspecified atom stereocenters. The highest BCUT2D eigenvalue weighted by Crippen LogP contribution is 2.40. The summed E-state index contributed by atoms with van der Waals surface area (Å²) in [5, 5.41) is 0. The van der Waals surface area contributed by atoms with Gasteiger partial charge in [-0.1, -0.05) is 6.58 Å². The molecule has 48 valence electrons. The number of carbonyl (C=O) groups excluding carboxylic acids is 2. The van der Waals surface area contributed by atoms with Crippen LogP contribution in [-0.2, 0) is 9.59 Å². The Labute approximate surface area is 57.5 Å². The summed E-state index contributed by atoms with van der Waals surface area (Å²) in [6, 6.07) is 0. The van der Waals surface area contributed by atoms with Gasteiger partial charge in [-0.05, 0) is 23.3 Å². The summed E-state index contributed by atoms with van der Waals surface area (Å²) >= 11 is 0. The number of allylic oxidation sites excluding steroid dienone is 5. The van der Waals surface area contributed by atoms with Crippen molar-refractivity contribution in [2.75, 3.05) is 0 Å².